The van der Waals surface area contributed by atoms with Gasteiger partial charge >= 0.3 is 0 Å². The van der Waals surface area contributed by atoms with Crippen LogP contribution < -0.4 is 0 Å². The quantitative estimate of drug-likeness (QED) is 0.307. The minimum absolute atomic E-state index is 1.06. The molecule has 1 aromatic heterocycles. The molecule has 4 aromatic carbocycles. The smallest absolute Gasteiger partial charge is 0.0794 e. The zero-order valence-electron chi connectivity index (χ0n) is 16.2. The molecule has 0 radical (unpaired) electrons. The van der Waals surface area contributed by atoms with Crippen LogP contribution in [0.2, 0.25) is 0 Å². The molecule has 0 amide bonds. The van der Waals surface area contributed by atoms with Gasteiger partial charge in [-0.2, -0.15) is 0 Å². The van der Waals surface area contributed by atoms with Crippen molar-refractivity contribution in [3.8, 4) is 44.8 Å². The van der Waals surface area contributed by atoms with Gasteiger partial charge in [-0.3, -0.25) is 0 Å². The Bertz CT molecular complexity index is 1380. The molecular formula is C28H19N. The highest BCUT2D eigenvalue weighted by atomic mass is 14.7. The summed E-state index contributed by atoms with van der Waals surface area (Å²) in [6, 6.07) is 34.3. The molecule has 5 aromatic rings. The third-order valence-electron chi connectivity index (χ3n) is 5.98. The van der Waals surface area contributed by atoms with E-state index >= 15 is 0 Å². The summed E-state index contributed by atoms with van der Waals surface area (Å²) in [7, 11) is 0. The maximum absolute atomic E-state index is 5.25. The number of nitrogens with zero attached hydrogens (tertiary/aromatic N) is 1. The first-order valence-electron chi connectivity index (χ1n) is 10.0. The molecule has 1 aliphatic rings. The first-order valence-corrected chi connectivity index (χ1v) is 10.0. The second kappa shape index (κ2) is 6.15. The lowest BCUT2D eigenvalue weighted by atomic mass is 9.92. The number of pyridine rings is 1. The van der Waals surface area contributed by atoms with Crippen LogP contribution in [0.4, 0.5) is 0 Å². The Balaban J connectivity index is 1.79. The Hall–Kier alpha value is -3.71. The molecule has 0 saturated heterocycles. The SMILES string of the molecule is Cc1c(-c2ccccc2)nc(-c2ccccc2)c2c1-c1cccc3cccc-2c13. The topological polar surface area (TPSA) is 12.9 Å². The van der Waals surface area contributed by atoms with E-state index in [0.717, 1.165) is 22.5 Å². The highest BCUT2D eigenvalue weighted by molar-refractivity contribution is 6.18. The summed E-state index contributed by atoms with van der Waals surface area (Å²) in [4.78, 5) is 5.25. The zero-order chi connectivity index (χ0) is 19.4. The van der Waals surface area contributed by atoms with Gasteiger partial charge in [0.15, 0.2) is 0 Å². The number of fused-ring (bicyclic) bond motifs is 3. The van der Waals surface area contributed by atoms with Gasteiger partial charge < -0.3 is 0 Å². The van der Waals surface area contributed by atoms with E-state index in [1.165, 1.54) is 38.6 Å². The Morgan fingerprint density at radius 1 is 0.517 bits per heavy atom. The summed E-state index contributed by atoms with van der Waals surface area (Å²) in [5.74, 6) is 0. The highest BCUT2D eigenvalue weighted by Crippen LogP contribution is 2.53. The molecule has 0 aliphatic heterocycles. The fourth-order valence-corrected chi connectivity index (χ4v) is 4.71. The molecular weight excluding hydrogens is 350 g/mol. The van der Waals surface area contributed by atoms with Crippen LogP contribution >= 0.6 is 0 Å². The van der Waals surface area contributed by atoms with Gasteiger partial charge in [0.05, 0.1) is 11.4 Å². The van der Waals surface area contributed by atoms with Gasteiger partial charge in [0.1, 0.15) is 0 Å². The Morgan fingerprint density at radius 2 is 1.07 bits per heavy atom. The average molecular weight is 369 g/mol. The van der Waals surface area contributed by atoms with Gasteiger partial charge in [-0.1, -0.05) is 97.1 Å². The van der Waals surface area contributed by atoms with Crippen molar-refractivity contribution in [1.29, 1.82) is 0 Å². The zero-order valence-corrected chi connectivity index (χ0v) is 16.2. The summed E-state index contributed by atoms with van der Waals surface area (Å²) in [6.45, 7) is 2.22. The maximum atomic E-state index is 5.25. The molecule has 0 atom stereocenters. The van der Waals surface area contributed by atoms with Crippen molar-refractivity contribution in [3.05, 3.63) is 103 Å². The number of rotatable bonds is 2. The molecule has 29 heavy (non-hydrogen) atoms. The third kappa shape index (κ3) is 2.31. The lowest BCUT2D eigenvalue weighted by Crippen LogP contribution is -1.97. The van der Waals surface area contributed by atoms with Gasteiger partial charge in [0, 0.05) is 16.7 Å². The van der Waals surface area contributed by atoms with E-state index in [1.54, 1.807) is 0 Å². The van der Waals surface area contributed by atoms with Crippen molar-refractivity contribution in [2.75, 3.05) is 0 Å². The monoisotopic (exact) mass is 369 g/mol. The van der Waals surface area contributed by atoms with Crippen molar-refractivity contribution in [1.82, 2.24) is 4.98 Å². The Kier molecular flexibility index (Phi) is 3.45. The fourth-order valence-electron chi connectivity index (χ4n) is 4.71. The molecule has 0 spiro atoms. The molecule has 1 heteroatoms. The maximum Gasteiger partial charge on any atom is 0.0794 e. The Labute approximate surface area is 170 Å². The van der Waals surface area contributed by atoms with Crippen molar-refractivity contribution < 1.29 is 0 Å². The van der Waals surface area contributed by atoms with Gasteiger partial charge in [-0.15, -0.1) is 0 Å². The van der Waals surface area contributed by atoms with Crippen molar-refractivity contribution in [3.63, 3.8) is 0 Å². The van der Waals surface area contributed by atoms with Crippen LogP contribution in [0, 0.1) is 6.92 Å². The van der Waals surface area contributed by atoms with E-state index in [1.807, 2.05) is 0 Å². The lowest BCUT2D eigenvalue weighted by Gasteiger charge is -2.17. The second-order valence-corrected chi connectivity index (χ2v) is 7.63. The number of benzene rings is 4. The predicted octanol–water partition coefficient (Wildman–Crippen LogP) is 7.52. The fraction of sp³-hybridized carbons (Fsp3) is 0.0357. The van der Waals surface area contributed by atoms with Crippen molar-refractivity contribution >= 4 is 10.8 Å². The normalized spacial score (nSPS) is 11.6. The van der Waals surface area contributed by atoms with E-state index in [4.69, 9.17) is 4.98 Å². The van der Waals surface area contributed by atoms with Gasteiger partial charge in [-0.25, -0.2) is 4.98 Å². The van der Waals surface area contributed by atoms with E-state index < -0.39 is 0 Å². The van der Waals surface area contributed by atoms with Crippen LogP contribution in [0.1, 0.15) is 5.56 Å². The van der Waals surface area contributed by atoms with Crippen LogP contribution in [-0.4, -0.2) is 4.98 Å². The summed E-state index contributed by atoms with van der Waals surface area (Å²) < 4.78 is 0. The Morgan fingerprint density at radius 3 is 1.69 bits per heavy atom. The molecule has 6 rings (SSSR count). The lowest BCUT2D eigenvalue weighted by molar-refractivity contribution is 1.28. The molecule has 1 nitrogen and oxygen atoms in total. The van der Waals surface area contributed by atoms with E-state index in [2.05, 4.69) is 104 Å². The van der Waals surface area contributed by atoms with Crippen LogP contribution in [0.5, 0.6) is 0 Å². The molecule has 1 heterocycles. The summed E-state index contributed by atoms with van der Waals surface area (Å²) in [5, 5.41) is 2.63. The number of aromatic nitrogens is 1. The predicted molar refractivity (Wildman–Crippen MR) is 122 cm³/mol. The first kappa shape index (κ1) is 16.3. The summed E-state index contributed by atoms with van der Waals surface area (Å²) in [6.07, 6.45) is 0. The van der Waals surface area contributed by atoms with Crippen molar-refractivity contribution in [2.24, 2.45) is 0 Å². The van der Waals surface area contributed by atoms with Crippen LogP contribution in [0.15, 0.2) is 97.1 Å². The summed E-state index contributed by atoms with van der Waals surface area (Å²) in [5.41, 5.74) is 10.9. The largest absolute Gasteiger partial charge is 0.247 e. The van der Waals surface area contributed by atoms with Crippen LogP contribution in [-0.2, 0) is 0 Å². The first-order chi connectivity index (χ1) is 14.3. The highest BCUT2D eigenvalue weighted by Gasteiger charge is 2.28. The molecule has 0 saturated carbocycles. The third-order valence-corrected chi connectivity index (χ3v) is 5.98. The van der Waals surface area contributed by atoms with Gasteiger partial charge in [0.25, 0.3) is 0 Å². The molecule has 0 unspecified atom stereocenters. The standard InChI is InChI=1S/C28H19N/c1-18-24-22-16-8-14-19-15-9-17-23(25(19)22)26(24)28(21-12-6-3-7-13-21)29-27(18)20-10-4-2-5-11-20/h2-17H,1H3. The summed E-state index contributed by atoms with van der Waals surface area (Å²) >= 11 is 0. The van der Waals surface area contributed by atoms with E-state index in [9.17, 15) is 0 Å². The van der Waals surface area contributed by atoms with E-state index in [0.29, 0.717) is 0 Å². The van der Waals surface area contributed by atoms with Crippen LogP contribution in [0.25, 0.3) is 55.5 Å². The number of hydrogen-bond donors (Lipinski definition) is 0. The molecule has 0 bridgehead atoms. The molecule has 136 valence electrons. The number of hydrogen-bond acceptors (Lipinski definition) is 1. The molecule has 0 fully saturated rings. The minimum atomic E-state index is 1.06. The average Bonchev–Trinajstić information content (AvgIpc) is 3.13. The van der Waals surface area contributed by atoms with Crippen molar-refractivity contribution in [2.45, 2.75) is 6.92 Å². The van der Waals surface area contributed by atoms with Gasteiger partial charge in [0.2, 0.25) is 0 Å². The molecule has 1 aliphatic carbocycles. The second-order valence-electron chi connectivity index (χ2n) is 7.63. The minimum Gasteiger partial charge on any atom is -0.247 e. The van der Waals surface area contributed by atoms with E-state index in [-0.39, 0.29) is 0 Å². The van der Waals surface area contributed by atoms with Crippen LogP contribution in [0.3, 0.4) is 0 Å². The van der Waals surface area contributed by atoms with Gasteiger partial charge in [-0.05, 0) is 39.9 Å². The molecule has 0 N–H and O–H groups in total.